The highest BCUT2D eigenvalue weighted by Crippen LogP contribution is 2.21. The summed E-state index contributed by atoms with van der Waals surface area (Å²) in [7, 11) is 0. The molecule has 24 heavy (non-hydrogen) atoms. The Bertz CT molecular complexity index is 615. The molecule has 0 radical (unpaired) electrons. The van der Waals surface area contributed by atoms with Crippen LogP contribution in [0.5, 0.6) is 0 Å². The summed E-state index contributed by atoms with van der Waals surface area (Å²) in [4.78, 5) is 36.3. The summed E-state index contributed by atoms with van der Waals surface area (Å²) in [5.41, 5.74) is -2.40. The number of benzene rings is 1. The van der Waals surface area contributed by atoms with Crippen molar-refractivity contribution < 1.29 is 32.6 Å². The summed E-state index contributed by atoms with van der Waals surface area (Å²) < 4.78 is 36.7. The van der Waals surface area contributed by atoms with Gasteiger partial charge in [0.1, 0.15) is 11.6 Å². The van der Waals surface area contributed by atoms with Crippen LogP contribution in [0.4, 0.5) is 8.78 Å². The topological polar surface area (TPSA) is 81.7 Å². The SMILES string of the molecule is CCOC(=O)C(Cc1ccc(F)cc1F)(NC(C)=O)C(=O)OCC. The molecule has 0 atom stereocenters. The average molecular weight is 343 g/mol. The highest BCUT2D eigenvalue weighted by atomic mass is 19.1. The second-order valence-electron chi connectivity index (χ2n) is 4.94. The van der Waals surface area contributed by atoms with Crippen LogP contribution in [0.3, 0.4) is 0 Å². The first-order valence-corrected chi connectivity index (χ1v) is 7.34. The average Bonchev–Trinajstić information content (AvgIpc) is 2.49. The van der Waals surface area contributed by atoms with E-state index < -0.39 is 41.4 Å². The Morgan fingerprint density at radius 2 is 1.62 bits per heavy atom. The van der Waals surface area contributed by atoms with Crippen LogP contribution in [0.15, 0.2) is 18.2 Å². The molecule has 0 saturated carbocycles. The van der Waals surface area contributed by atoms with E-state index in [2.05, 4.69) is 5.32 Å². The summed E-state index contributed by atoms with van der Waals surface area (Å²) in [5.74, 6) is -4.64. The van der Waals surface area contributed by atoms with Gasteiger partial charge in [-0.3, -0.25) is 4.79 Å². The fourth-order valence-electron chi connectivity index (χ4n) is 2.13. The fraction of sp³-hybridized carbons (Fsp3) is 0.438. The number of amides is 1. The predicted molar refractivity (Wildman–Crippen MR) is 79.9 cm³/mol. The Hall–Kier alpha value is -2.51. The van der Waals surface area contributed by atoms with Crippen LogP contribution in [0.1, 0.15) is 26.3 Å². The van der Waals surface area contributed by atoms with E-state index in [4.69, 9.17) is 9.47 Å². The smallest absolute Gasteiger partial charge is 0.344 e. The zero-order valence-corrected chi connectivity index (χ0v) is 13.7. The maximum atomic E-state index is 14.0. The van der Waals surface area contributed by atoms with Gasteiger partial charge in [-0.15, -0.1) is 0 Å². The Balaban J connectivity index is 3.38. The number of nitrogens with one attached hydrogen (secondary N) is 1. The van der Waals surface area contributed by atoms with Gasteiger partial charge in [0.25, 0.3) is 0 Å². The quantitative estimate of drug-likeness (QED) is 0.599. The van der Waals surface area contributed by atoms with Gasteiger partial charge in [-0.05, 0) is 25.5 Å². The van der Waals surface area contributed by atoms with Crippen LogP contribution >= 0.6 is 0 Å². The first kappa shape index (κ1) is 19.5. The molecule has 8 heteroatoms. The van der Waals surface area contributed by atoms with E-state index >= 15 is 0 Å². The molecular formula is C16H19F2NO5. The molecule has 1 rings (SSSR count). The van der Waals surface area contributed by atoms with Crippen molar-refractivity contribution in [3.05, 3.63) is 35.4 Å². The number of ether oxygens (including phenoxy) is 2. The van der Waals surface area contributed by atoms with E-state index in [1.807, 2.05) is 0 Å². The molecule has 1 N–H and O–H groups in total. The van der Waals surface area contributed by atoms with Crippen molar-refractivity contribution in [3.63, 3.8) is 0 Å². The molecule has 1 aromatic rings. The van der Waals surface area contributed by atoms with E-state index in [-0.39, 0.29) is 18.8 Å². The lowest BCUT2D eigenvalue weighted by Crippen LogP contribution is -2.62. The maximum absolute atomic E-state index is 14.0. The third kappa shape index (κ3) is 4.50. The minimum absolute atomic E-state index is 0.0640. The molecule has 6 nitrogen and oxygen atoms in total. The highest BCUT2D eigenvalue weighted by molar-refractivity contribution is 6.08. The summed E-state index contributed by atoms with van der Waals surface area (Å²) in [6.45, 7) is 3.99. The lowest BCUT2D eigenvalue weighted by atomic mass is 9.90. The lowest BCUT2D eigenvalue weighted by Gasteiger charge is -2.29. The molecule has 0 fully saturated rings. The maximum Gasteiger partial charge on any atom is 0.344 e. The molecule has 0 aromatic heterocycles. The second-order valence-corrected chi connectivity index (χ2v) is 4.94. The molecule has 0 aliphatic rings. The van der Waals surface area contributed by atoms with E-state index in [0.717, 1.165) is 19.1 Å². The van der Waals surface area contributed by atoms with Crippen molar-refractivity contribution in [1.82, 2.24) is 5.32 Å². The van der Waals surface area contributed by atoms with Crippen molar-refractivity contribution in [1.29, 1.82) is 0 Å². The van der Waals surface area contributed by atoms with Crippen molar-refractivity contribution in [3.8, 4) is 0 Å². The van der Waals surface area contributed by atoms with E-state index in [0.29, 0.717) is 6.07 Å². The number of hydrogen-bond acceptors (Lipinski definition) is 5. The van der Waals surface area contributed by atoms with E-state index in [1.54, 1.807) is 0 Å². The van der Waals surface area contributed by atoms with Crippen LogP contribution in [0, 0.1) is 11.6 Å². The van der Waals surface area contributed by atoms with Crippen molar-refractivity contribution >= 4 is 17.8 Å². The number of hydrogen-bond donors (Lipinski definition) is 1. The summed E-state index contributed by atoms with van der Waals surface area (Å²) in [6, 6.07) is 2.68. The van der Waals surface area contributed by atoms with Gasteiger partial charge in [-0.25, -0.2) is 18.4 Å². The molecule has 1 aromatic carbocycles. The molecule has 0 aliphatic carbocycles. The third-order valence-corrected chi connectivity index (χ3v) is 3.11. The number of carbonyl (C=O) groups excluding carboxylic acids is 3. The molecule has 0 saturated heterocycles. The fourth-order valence-corrected chi connectivity index (χ4v) is 2.13. The second kappa shape index (κ2) is 8.37. The Morgan fingerprint density at radius 3 is 2.04 bits per heavy atom. The zero-order chi connectivity index (χ0) is 18.3. The first-order valence-electron chi connectivity index (χ1n) is 7.34. The Labute approximate surface area is 138 Å². The normalized spacial score (nSPS) is 10.9. The Kier molecular flexibility index (Phi) is 6.82. The van der Waals surface area contributed by atoms with Crippen LogP contribution < -0.4 is 5.32 Å². The number of carbonyl (C=O) groups is 3. The standard InChI is InChI=1S/C16H19F2NO5/c1-4-23-14(21)16(19-10(3)20,15(22)24-5-2)9-11-6-7-12(17)8-13(11)18/h6-8H,4-5,9H2,1-3H3,(H,19,20). The number of halogens is 2. The molecule has 0 unspecified atom stereocenters. The lowest BCUT2D eigenvalue weighted by molar-refractivity contribution is -0.168. The molecular weight excluding hydrogens is 324 g/mol. The summed E-state index contributed by atoms with van der Waals surface area (Å²) in [6.07, 6.45) is -0.573. The van der Waals surface area contributed by atoms with Crippen LogP contribution in [-0.4, -0.2) is 36.6 Å². The third-order valence-electron chi connectivity index (χ3n) is 3.11. The van der Waals surface area contributed by atoms with Gasteiger partial charge in [-0.2, -0.15) is 0 Å². The Morgan fingerprint density at radius 1 is 1.08 bits per heavy atom. The molecule has 1 amide bonds. The van der Waals surface area contributed by atoms with E-state index in [1.165, 1.54) is 13.8 Å². The highest BCUT2D eigenvalue weighted by Gasteiger charge is 2.50. The van der Waals surface area contributed by atoms with E-state index in [9.17, 15) is 23.2 Å². The van der Waals surface area contributed by atoms with Gasteiger partial charge in [0.2, 0.25) is 11.4 Å². The predicted octanol–water partition coefficient (Wildman–Crippen LogP) is 1.51. The molecule has 0 bridgehead atoms. The van der Waals surface area contributed by atoms with Crippen LogP contribution in [0.2, 0.25) is 0 Å². The molecule has 0 aliphatic heterocycles. The zero-order valence-electron chi connectivity index (χ0n) is 13.7. The molecule has 132 valence electrons. The molecule has 0 heterocycles. The monoisotopic (exact) mass is 343 g/mol. The van der Waals surface area contributed by atoms with Gasteiger partial charge in [0.05, 0.1) is 13.2 Å². The number of esters is 2. The minimum atomic E-state index is -2.25. The van der Waals surface area contributed by atoms with Crippen LogP contribution in [0.25, 0.3) is 0 Å². The largest absolute Gasteiger partial charge is 0.464 e. The minimum Gasteiger partial charge on any atom is -0.464 e. The van der Waals surface area contributed by atoms with Crippen molar-refractivity contribution in [2.24, 2.45) is 0 Å². The first-order chi connectivity index (χ1) is 11.3. The van der Waals surface area contributed by atoms with Crippen LogP contribution in [-0.2, 0) is 30.3 Å². The van der Waals surface area contributed by atoms with Crippen molar-refractivity contribution in [2.45, 2.75) is 32.7 Å². The van der Waals surface area contributed by atoms with Gasteiger partial charge < -0.3 is 14.8 Å². The van der Waals surface area contributed by atoms with Gasteiger partial charge in [0.15, 0.2) is 0 Å². The summed E-state index contributed by atoms with van der Waals surface area (Å²) >= 11 is 0. The van der Waals surface area contributed by atoms with Gasteiger partial charge in [0, 0.05) is 19.4 Å². The van der Waals surface area contributed by atoms with Gasteiger partial charge >= 0.3 is 11.9 Å². The summed E-state index contributed by atoms with van der Waals surface area (Å²) in [5, 5.41) is 2.20. The number of rotatable bonds is 7. The van der Waals surface area contributed by atoms with Crippen molar-refractivity contribution in [2.75, 3.05) is 13.2 Å². The van der Waals surface area contributed by atoms with Gasteiger partial charge in [-0.1, -0.05) is 6.07 Å². The molecule has 0 spiro atoms.